The van der Waals surface area contributed by atoms with Crippen LogP contribution in [0, 0.1) is 10.1 Å². The van der Waals surface area contributed by atoms with E-state index in [1.165, 1.54) is 25.3 Å². The van der Waals surface area contributed by atoms with Gasteiger partial charge in [-0.05, 0) is 23.8 Å². The van der Waals surface area contributed by atoms with E-state index < -0.39 is 11.1 Å². The first-order valence-electron chi connectivity index (χ1n) is 5.85. The molecule has 0 atom stereocenters. The van der Waals surface area contributed by atoms with Gasteiger partial charge >= 0.3 is 6.16 Å². The Kier molecular flexibility index (Phi) is 4.03. The number of ether oxygens (including phenoxy) is 2. The van der Waals surface area contributed by atoms with Gasteiger partial charge in [-0.2, -0.15) is 0 Å². The predicted octanol–water partition coefficient (Wildman–Crippen LogP) is 3.33. The lowest BCUT2D eigenvalue weighted by molar-refractivity contribution is -0.384. The molecule has 0 fully saturated rings. The second kappa shape index (κ2) is 5.91. The minimum atomic E-state index is -1.49. The average molecular weight is 289 g/mol. The topological polar surface area (TPSA) is 98.9 Å². The molecule has 108 valence electrons. The second-order valence-corrected chi connectivity index (χ2v) is 4.03. The average Bonchev–Trinajstić information content (AvgIpc) is 2.47. The number of methoxy groups -OCH3 is 1. The van der Waals surface area contributed by atoms with Crippen molar-refractivity contribution in [2.45, 2.75) is 0 Å². The third-order valence-electron chi connectivity index (χ3n) is 2.77. The van der Waals surface area contributed by atoms with Crippen molar-refractivity contribution in [3.63, 3.8) is 0 Å². The van der Waals surface area contributed by atoms with Crippen LogP contribution in [0.2, 0.25) is 0 Å². The number of non-ortho nitro benzene ring substituents is 1. The van der Waals surface area contributed by atoms with Crippen LogP contribution in [0.5, 0.6) is 11.5 Å². The molecular weight excluding hydrogens is 278 g/mol. The van der Waals surface area contributed by atoms with Crippen molar-refractivity contribution in [1.29, 1.82) is 0 Å². The Bertz CT molecular complexity index is 680. The van der Waals surface area contributed by atoms with E-state index in [0.29, 0.717) is 16.9 Å². The number of hydrogen-bond donors (Lipinski definition) is 1. The van der Waals surface area contributed by atoms with Gasteiger partial charge in [0.15, 0.2) is 0 Å². The van der Waals surface area contributed by atoms with Crippen LogP contribution in [0.25, 0.3) is 11.1 Å². The van der Waals surface area contributed by atoms with Crippen molar-refractivity contribution in [1.82, 2.24) is 0 Å². The highest BCUT2D eigenvalue weighted by molar-refractivity contribution is 5.76. The number of carbonyl (C=O) groups is 1. The van der Waals surface area contributed by atoms with Crippen molar-refractivity contribution in [2.24, 2.45) is 0 Å². The molecular formula is C14H11NO6. The van der Waals surface area contributed by atoms with E-state index in [0.717, 1.165) is 0 Å². The van der Waals surface area contributed by atoms with Crippen LogP contribution in [0.15, 0.2) is 42.5 Å². The number of nitrogens with zero attached hydrogens (tertiary/aromatic N) is 1. The maximum absolute atomic E-state index is 10.8. The molecule has 0 aliphatic carbocycles. The summed E-state index contributed by atoms with van der Waals surface area (Å²) in [5, 5.41) is 19.6. The largest absolute Gasteiger partial charge is 0.511 e. The first-order chi connectivity index (χ1) is 10.0. The second-order valence-electron chi connectivity index (χ2n) is 4.03. The van der Waals surface area contributed by atoms with Crippen molar-refractivity contribution < 1.29 is 24.3 Å². The lowest BCUT2D eigenvalue weighted by Crippen LogP contribution is -2.04. The monoisotopic (exact) mass is 289 g/mol. The summed E-state index contributed by atoms with van der Waals surface area (Å²) in [6.45, 7) is 0. The summed E-state index contributed by atoms with van der Waals surface area (Å²) < 4.78 is 9.68. The van der Waals surface area contributed by atoms with Gasteiger partial charge in [0.1, 0.15) is 11.5 Å². The van der Waals surface area contributed by atoms with Gasteiger partial charge in [-0.1, -0.05) is 12.1 Å². The molecule has 0 saturated heterocycles. The van der Waals surface area contributed by atoms with E-state index in [-0.39, 0.29) is 11.4 Å². The summed E-state index contributed by atoms with van der Waals surface area (Å²) in [4.78, 5) is 21.0. The molecule has 0 aromatic heterocycles. The van der Waals surface area contributed by atoms with Crippen molar-refractivity contribution in [2.75, 3.05) is 7.11 Å². The summed E-state index contributed by atoms with van der Waals surface area (Å²) >= 11 is 0. The molecule has 0 amide bonds. The molecule has 0 aliphatic rings. The van der Waals surface area contributed by atoms with E-state index in [4.69, 9.17) is 9.84 Å². The van der Waals surface area contributed by atoms with Gasteiger partial charge in [-0.15, -0.1) is 0 Å². The molecule has 0 radical (unpaired) electrons. The summed E-state index contributed by atoms with van der Waals surface area (Å²) in [7, 11) is 1.52. The fourth-order valence-electron chi connectivity index (χ4n) is 1.81. The maximum Gasteiger partial charge on any atom is 0.511 e. The highest BCUT2D eigenvalue weighted by Gasteiger charge is 2.15. The van der Waals surface area contributed by atoms with Crippen LogP contribution >= 0.6 is 0 Å². The third kappa shape index (κ3) is 3.27. The number of carboxylic acid groups (broad SMARTS) is 1. The van der Waals surface area contributed by atoms with E-state index in [9.17, 15) is 14.9 Å². The Hall–Kier alpha value is -3.09. The van der Waals surface area contributed by atoms with E-state index in [1.807, 2.05) is 0 Å². The van der Waals surface area contributed by atoms with Crippen LogP contribution in [-0.2, 0) is 0 Å². The van der Waals surface area contributed by atoms with Crippen LogP contribution in [0.4, 0.5) is 10.5 Å². The number of rotatable bonds is 4. The fraction of sp³-hybridized carbons (Fsp3) is 0.0714. The Morgan fingerprint density at radius 3 is 2.38 bits per heavy atom. The minimum Gasteiger partial charge on any atom is -0.497 e. The first kappa shape index (κ1) is 14.3. The molecule has 0 unspecified atom stereocenters. The highest BCUT2D eigenvalue weighted by atomic mass is 16.7. The zero-order valence-electron chi connectivity index (χ0n) is 11.0. The van der Waals surface area contributed by atoms with Crippen molar-refractivity contribution in [3.05, 3.63) is 52.6 Å². The maximum atomic E-state index is 10.8. The normalized spacial score (nSPS) is 9.95. The molecule has 2 rings (SSSR count). The van der Waals surface area contributed by atoms with Crippen molar-refractivity contribution in [3.8, 4) is 22.6 Å². The summed E-state index contributed by atoms with van der Waals surface area (Å²) in [5.74, 6) is 0.642. The molecule has 0 spiro atoms. The lowest BCUT2D eigenvalue weighted by Gasteiger charge is -2.09. The number of hydrogen-bond acceptors (Lipinski definition) is 5. The molecule has 0 heterocycles. The third-order valence-corrected chi connectivity index (χ3v) is 2.77. The van der Waals surface area contributed by atoms with Gasteiger partial charge in [0.05, 0.1) is 12.0 Å². The molecule has 2 aromatic carbocycles. The Balaban J connectivity index is 2.52. The molecule has 7 nitrogen and oxygen atoms in total. The Labute approximate surface area is 119 Å². The van der Waals surface area contributed by atoms with Gasteiger partial charge in [0, 0.05) is 17.7 Å². The predicted molar refractivity (Wildman–Crippen MR) is 73.7 cm³/mol. The number of nitro benzene ring substituents is 1. The molecule has 21 heavy (non-hydrogen) atoms. The van der Waals surface area contributed by atoms with Gasteiger partial charge in [-0.25, -0.2) is 4.79 Å². The van der Waals surface area contributed by atoms with Crippen LogP contribution in [-0.4, -0.2) is 23.3 Å². The first-order valence-corrected chi connectivity index (χ1v) is 5.85. The zero-order chi connectivity index (χ0) is 15.4. The zero-order valence-corrected chi connectivity index (χ0v) is 11.0. The standard InChI is InChI=1S/C14H11NO6/c1-20-11-5-2-9(3-6-11)12-8-10(15(18)19)4-7-13(12)21-14(16)17/h2-8H,1H3,(H,16,17). The number of benzene rings is 2. The van der Waals surface area contributed by atoms with Crippen LogP contribution in [0.1, 0.15) is 0 Å². The summed E-state index contributed by atoms with van der Waals surface area (Å²) in [6, 6.07) is 10.4. The van der Waals surface area contributed by atoms with E-state index in [1.54, 1.807) is 24.3 Å². The van der Waals surface area contributed by atoms with Crippen LogP contribution < -0.4 is 9.47 Å². The van der Waals surface area contributed by atoms with E-state index in [2.05, 4.69) is 4.74 Å². The quantitative estimate of drug-likeness (QED) is 0.401. The lowest BCUT2D eigenvalue weighted by atomic mass is 10.0. The van der Waals surface area contributed by atoms with Gasteiger partial charge in [0.25, 0.3) is 5.69 Å². The molecule has 0 bridgehead atoms. The molecule has 0 aliphatic heterocycles. The number of nitro groups is 1. The smallest absolute Gasteiger partial charge is 0.497 e. The highest BCUT2D eigenvalue weighted by Crippen LogP contribution is 2.34. The fourth-order valence-corrected chi connectivity index (χ4v) is 1.81. The Morgan fingerprint density at radius 2 is 1.86 bits per heavy atom. The summed E-state index contributed by atoms with van der Waals surface area (Å²) in [6.07, 6.45) is -1.49. The molecule has 0 saturated carbocycles. The molecule has 7 heteroatoms. The van der Waals surface area contributed by atoms with Gasteiger partial charge < -0.3 is 14.6 Å². The summed E-state index contributed by atoms with van der Waals surface area (Å²) in [5.41, 5.74) is 0.739. The minimum absolute atomic E-state index is 0.0262. The van der Waals surface area contributed by atoms with Crippen molar-refractivity contribution >= 4 is 11.8 Å². The van der Waals surface area contributed by atoms with Crippen LogP contribution in [0.3, 0.4) is 0 Å². The molecule has 1 N–H and O–H groups in total. The van der Waals surface area contributed by atoms with Gasteiger partial charge in [-0.3, -0.25) is 10.1 Å². The SMILES string of the molecule is COc1ccc(-c2cc([N+](=O)[O-])ccc2OC(=O)O)cc1. The van der Waals surface area contributed by atoms with Gasteiger partial charge in [0.2, 0.25) is 0 Å². The molecule has 2 aromatic rings. The van der Waals surface area contributed by atoms with E-state index >= 15 is 0 Å². The Morgan fingerprint density at radius 1 is 1.19 bits per heavy atom.